The number of fused-ring (bicyclic) bond motifs is 4. The Hall–Kier alpha value is -8.04. The predicted molar refractivity (Wildman–Crippen MR) is 274 cm³/mol. The number of benzene rings is 10. The maximum absolute atomic E-state index is 2.37. The van der Waals surface area contributed by atoms with Gasteiger partial charge in [-0.1, -0.05) is 212 Å². The lowest BCUT2D eigenvalue weighted by Gasteiger charge is -2.10. The van der Waals surface area contributed by atoms with E-state index in [9.17, 15) is 0 Å². The first-order valence-electron chi connectivity index (χ1n) is 21.9. The van der Waals surface area contributed by atoms with Crippen LogP contribution in [0.15, 0.2) is 249 Å². The van der Waals surface area contributed by atoms with Gasteiger partial charge in [-0.05, 0) is 103 Å². The van der Waals surface area contributed by atoms with Gasteiger partial charge in [0, 0.05) is 43.0 Å². The molecule has 0 spiro atoms. The highest BCUT2D eigenvalue weighted by molar-refractivity contribution is 7.26. The lowest BCUT2D eigenvalue weighted by Crippen LogP contribution is -1.92. The Bertz CT molecular complexity index is 3580. The molecule has 0 aliphatic carbocycles. The lowest BCUT2D eigenvalue weighted by atomic mass is 9.96. The van der Waals surface area contributed by atoms with Crippen LogP contribution in [-0.2, 0) is 0 Å². The van der Waals surface area contributed by atoms with Crippen molar-refractivity contribution in [1.82, 2.24) is 4.57 Å². The monoisotopic (exact) mass is 831 g/mol. The molecule has 300 valence electrons. The second kappa shape index (κ2) is 16.0. The number of aromatic nitrogens is 1. The van der Waals surface area contributed by atoms with Crippen LogP contribution < -0.4 is 0 Å². The van der Waals surface area contributed by atoms with Crippen LogP contribution >= 0.6 is 11.3 Å². The van der Waals surface area contributed by atoms with Gasteiger partial charge in [0.1, 0.15) is 0 Å². The smallest absolute Gasteiger partial charge is 0.0535 e. The van der Waals surface area contributed by atoms with Gasteiger partial charge in [-0.25, -0.2) is 0 Å². The quantitative estimate of drug-likeness (QED) is 0.144. The summed E-state index contributed by atoms with van der Waals surface area (Å²) in [5.74, 6) is 0. The van der Waals surface area contributed by atoms with E-state index < -0.39 is 0 Å². The zero-order valence-corrected chi connectivity index (χ0v) is 35.8. The molecule has 0 saturated carbocycles. The van der Waals surface area contributed by atoms with Crippen LogP contribution in [0.2, 0.25) is 0 Å². The van der Waals surface area contributed by atoms with E-state index in [1.54, 1.807) is 0 Å². The maximum Gasteiger partial charge on any atom is 0.0535 e. The van der Waals surface area contributed by atoms with Crippen molar-refractivity contribution in [1.29, 1.82) is 0 Å². The molecule has 0 saturated heterocycles. The van der Waals surface area contributed by atoms with E-state index in [2.05, 4.69) is 253 Å². The highest BCUT2D eigenvalue weighted by atomic mass is 32.1. The number of rotatable bonds is 8. The molecule has 2 aromatic heterocycles. The standard InChI is InChI=1S/C62H41NS/c1-3-10-42(11-4-1)44-18-22-46(23-19-44)48-26-28-50(29-27-48)53-36-39-60-58(40-53)59(52-32-30-49(31-33-52)47-24-20-45(21-25-47)43-12-5-2-6-13-43)41-63(60)54-37-34-51(35-38-54)55-15-9-16-57-56-14-7-8-17-61(56)64-62(55)57/h1-41H. The van der Waals surface area contributed by atoms with Crippen molar-refractivity contribution in [2.24, 2.45) is 0 Å². The van der Waals surface area contributed by atoms with Crippen LogP contribution in [0.3, 0.4) is 0 Å². The molecule has 0 radical (unpaired) electrons. The van der Waals surface area contributed by atoms with Gasteiger partial charge in [-0.2, -0.15) is 0 Å². The fraction of sp³-hybridized carbons (Fsp3) is 0. The molecule has 64 heavy (non-hydrogen) atoms. The molecular weight excluding hydrogens is 791 g/mol. The summed E-state index contributed by atoms with van der Waals surface area (Å²) in [6.45, 7) is 0. The van der Waals surface area contributed by atoms with Crippen molar-refractivity contribution in [3.8, 4) is 83.6 Å². The van der Waals surface area contributed by atoms with Gasteiger partial charge < -0.3 is 4.57 Å². The zero-order chi connectivity index (χ0) is 42.4. The third-order valence-corrected chi connectivity index (χ3v) is 13.9. The van der Waals surface area contributed by atoms with E-state index in [-0.39, 0.29) is 0 Å². The van der Waals surface area contributed by atoms with Gasteiger partial charge in [-0.3, -0.25) is 0 Å². The van der Waals surface area contributed by atoms with Gasteiger partial charge >= 0.3 is 0 Å². The van der Waals surface area contributed by atoms with Crippen molar-refractivity contribution in [3.05, 3.63) is 249 Å². The third-order valence-electron chi connectivity index (χ3n) is 12.7. The molecule has 0 N–H and O–H groups in total. The summed E-state index contributed by atoms with van der Waals surface area (Å²) in [5.41, 5.74) is 19.3. The minimum absolute atomic E-state index is 1.13. The first-order chi connectivity index (χ1) is 31.7. The molecule has 0 fully saturated rings. The van der Waals surface area contributed by atoms with Gasteiger partial charge in [0.2, 0.25) is 0 Å². The molecule has 2 heterocycles. The van der Waals surface area contributed by atoms with Crippen LogP contribution in [0.4, 0.5) is 0 Å². The minimum Gasteiger partial charge on any atom is -0.316 e. The second-order valence-electron chi connectivity index (χ2n) is 16.5. The van der Waals surface area contributed by atoms with Crippen LogP contribution in [0.5, 0.6) is 0 Å². The summed E-state index contributed by atoms with van der Waals surface area (Å²) in [4.78, 5) is 0. The first kappa shape index (κ1) is 37.7. The summed E-state index contributed by atoms with van der Waals surface area (Å²) in [6.07, 6.45) is 2.32. The van der Waals surface area contributed by atoms with E-state index in [1.807, 2.05) is 11.3 Å². The van der Waals surface area contributed by atoms with Crippen molar-refractivity contribution in [2.75, 3.05) is 0 Å². The average molecular weight is 832 g/mol. The molecule has 2 heteroatoms. The van der Waals surface area contributed by atoms with Crippen LogP contribution in [0.1, 0.15) is 0 Å². The third kappa shape index (κ3) is 6.91. The maximum atomic E-state index is 2.37. The summed E-state index contributed by atoms with van der Waals surface area (Å²) in [6, 6.07) is 88.4. The van der Waals surface area contributed by atoms with Gasteiger partial charge in [0.15, 0.2) is 0 Å². The number of hydrogen-bond donors (Lipinski definition) is 0. The fourth-order valence-corrected chi connectivity index (χ4v) is 10.5. The molecule has 0 aliphatic heterocycles. The SMILES string of the molecule is c1ccc(-c2ccc(-c3ccc(-c4ccc5c(c4)c(-c4ccc(-c6ccc(-c7ccccc7)cc6)cc4)cn5-c4ccc(-c5cccc6c5sc5ccccc56)cc4)cc3)cc2)cc1. The molecule has 0 bridgehead atoms. The van der Waals surface area contributed by atoms with Crippen molar-refractivity contribution in [3.63, 3.8) is 0 Å². The van der Waals surface area contributed by atoms with Gasteiger partial charge in [0.05, 0.1) is 5.52 Å². The van der Waals surface area contributed by atoms with E-state index in [4.69, 9.17) is 0 Å². The molecule has 0 atom stereocenters. The van der Waals surface area contributed by atoms with E-state index >= 15 is 0 Å². The number of thiophene rings is 1. The fourth-order valence-electron chi connectivity index (χ4n) is 9.30. The van der Waals surface area contributed by atoms with E-state index in [1.165, 1.54) is 109 Å². The number of nitrogens with zero attached hydrogens (tertiary/aromatic N) is 1. The molecule has 12 rings (SSSR count). The Morgan fingerprint density at radius 3 is 1.22 bits per heavy atom. The summed E-state index contributed by atoms with van der Waals surface area (Å²) in [7, 11) is 0. The second-order valence-corrected chi connectivity index (χ2v) is 17.6. The summed E-state index contributed by atoms with van der Waals surface area (Å²) >= 11 is 1.88. The lowest BCUT2D eigenvalue weighted by molar-refractivity contribution is 1.13. The largest absolute Gasteiger partial charge is 0.316 e. The Balaban J connectivity index is 0.902. The van der Waals surface area contributed by atoms with Crippen LogP contribution in [-0.4, -0.2) is 4.57 Å². The Morgan fingerprint density at radius 2 is 0.672 bits per heavy atom. The highest BCUT2D eigenvalue weighted by Crippen LogP contribution is 2.41. The highest BCUT2D eigenvalue weighted by Gasteiger charge is 2.16. The first-order valence-corrected chi connectivity index (χ1v) is 22.7. The Labute approximate surface area is 377 Å². The van der Waals surface area contributed by atoms with Crippen molar-refractivity contribution in [2.45, 2.75) is 0 Å². The zero-order valence-electron chi connectivity index (χ0n) is 35.0. The Morgan fingerprint density at radius 1 is 0.266 bits per heavy atom. The van der Waals surface area contributed by atoms with Gasteiger partial charge in [0.25, 0.3) is 0 Å². The van der Waals surface area contributed by atoms with E-state index in [0.29, 0.717) is 0 Å². The molecule has 10 aromatic carbocycles. The minimum atomic E-state index is 1.13. The molecular formula is C62H41NS. The molecule has 0 unspecified atom stereocenters. The van der Waals surface area contributed by atoms with Gasteiger partial charge in [-0.15, -0.1) is 11.3 Å². The predicted octanol–water partition coefficient (Wildman–Crippen LogP) is 17.7. The molecule has 1 nitrogen and oxygen atoms in total. The van der Waals surface area contributed by atoms with Crippen molar-refractivity contribution < 1.29 is 0 Å². The molecule has 12 aromatic rings. The molecule has 0 aliphatic rings. The topological polar surface area (TPSA) is 4.93 Å². The number of hydrogen-bond acceptors (Lipinski definition) is 1. The van der Waals surface area contributed by atoms with Crippen LogP contribution in [0.25, 0.3) is 115 Å². The summed E-state index contributed by atoms with van der Waals surface area (Å²) < 4.78 is 5.02. The molecule has 0 amide bonds. The average Bonchev–Trinajstić information content (AvgIpc) is 3.96. The van der Waals surface area contributed by atoms with E-state index in [0.717, 1.165) is 5.69 Å². The summed E-state index contributed by atoms with van der Waals surface area (Å²) in [5, 5.41) is 3.86. The van der Waals surface area contributed by atoms with Crippen molar-refractivity contribution >= 4 is 42.4 Å². The van der Waals surface area contributed by atoms with Crippen LogP contribution in [0, 0.1) is 0 Å². The Kier molecular flexibility index (Phi) is 9.43. The normalized spacial score (nSPS) is 11.4.